The molecule has 12 nitrogen and oxygen atoms in total. The molecule has 0 spiro atoms. The molecule has 0 bridgehead atoms. The summed E-state index contributed by atoms with van der Waals surface area (Å²) in [5.74, 6) is -1.91. The van der Waals surface area contributed by atoms with Gasteiger partial charge in [0.15, 0.2) is 24.1 Å². The predicted octanol–water partition coefficient (Wildman–Crippen LogP) is 0.538. The van der Waals surface area contributed by atoms with E-state index in [9.17, 15) is 19.5 Å². The third-order valence-electron chi connectivity index (χ3n) is 6.42. The minimum Gasteiger partial charge on any atom is -0.477 e. The fourth-order valence-electron chi connectivity index (χ4n) is 4.48. The van der Waals surface area contributed by atoms with Crippen LogP contribution in [0.3, 0.4) is 0 Å². The first-order valence-corrected chi connectivity index (χ1v) is 13.5. The van der Waals surface area contributed by atoms with E-state index >= 15 is 0 Å². The number of hydrogen-bond donors (Lipinski definition) is 3. The second kappa shape index (κ2) is 10.0. The second-order valence-corrected chi connectivity index (χ2v) is 10.9. The summed E-state index contributed by atoms with van der Waals surface area (Å²) in [5, 5.41) is 18.0. The van der Waals surface area contributed by atoms with Crippen LogP contribution in [0.4, 0.5) is 5.13 Å². The molecule has 14 heteroatoms. The van der Waals surface area contributed by atoms with Gasteiger partial charge in [0, 0.05) is 17.2 Å². The van der Waals surface area contributed by atoms with Gasteiger partial charge in [-0.3, -0.25) is 14.5 Å². The zero-order chi connectivity index (χ0) is 26.3. The van der Waals surface area contributed by atoms with Gasteiger partial charge in [0.1, 0.15) is 35.5 Å². The Morgan fingerprint density at radius 1 is 1.43 bits per heavy atom. The number of oxime groups is 1. The molecule has 3 aliphatic rings. The molecule has 2 amide bonds. The number of rotatable bonds is 8. The van der Waals surface area contributed by atoms with Crippen LogP contribution in [0.25, 0.3) is 0 Å². The van der Waals surface area contributed by atoms with Gasteiger partial charge in [0.2, 0.25) is 0 Å². The van der Waals surface area contributed by atoms with E-state index in [1.54, 1.807) is 5.38 Å². The van der Waals surface area contributed by atoms with Crippen LogP contribution < -0.4 is 15.7 Å². The number of fused-ring (bicyclic) bond motifs is 1. The summed E-state index contributed by atoms with van der Waals surface area (Å²) in [7, 11) is 1.87. The number of thioether (sulfide) groups is 1. The molecule has 1 saturated heterocycles. The van der Waals surface area contributed by atoms with Crippen LogP contribution in [-0.2, 0) is 32.8 Å². The molecule has 4 heterocycles. The van der Waals surface area contributed by atoms with Gasteiger partial charge < -0.3 is 21.0 Å². The van der Waals surface area contributed by atoms with Crippen molar-refractivity contribution < 1.29 is 29.0 Å². The number of carbonyl (C=O) groups is 3. The number of aliphatic carboxylic acids is 1. The minimum atomic E-state index is -1.18. The van der Waals surface area contributed by atoms with Crippen LogP contribution in [0, 0.1) is 6.92 Å². The first-order chi connectivity index (χ1) is 17.7. The lowest BCUT2D eigenvalue weighted by atomic mass is 10.0. The summed E-state index contributed by atoms with van der Waals surface area (Å²) in [5.41, 5.74) is 7.45. The zero-order valence-corrected chi connectivity index (χ0v) is 21.8. The summed E-state index contributed by atoms with van der Waals surface area (Å²) in [6, 6.07) is 1.02. The minimum absolute atomic E-state index is 0.0372. The van der Waals surface area contributed by atoms with Crippen LogP contribution in [0.15, 0.2) is 46.2 Å². The smallest absolute Gasteiger partial charge is 0.352 e. The molecular formula is C23H26N7O5S2+. The SMILES string of the molecule is Cc1cc[n+](C)n1CC1=C(C(=O)O)N2C(=O)[C@@H](NC(=O)C(=NOC3C=CCC3)c3csc(N)n3)[C@H]2SC1. The predicted molar refractivity (Wildman–Crippen MR) is 136 cm³/mol. The number of amides is 2. The van der Waals surface area contributed by atoms with E-state index in [0.29, 0.717) is 17.9 Å². The average Bonchev–Trinajstić information content (AvgIpc) is 3.61. The summed E-state index contributed by atoms with van der Waals surface area (Å²) in [6.45, 7) is 2.27. The highest BCUT2D eigenvalue weighted by molar-refractivity contribution is 8.00. The van der Waals surface area contributed by atoms with Crippen LogP contribution in [-0.4, -0.2) is 66.4 Å². The summed E-state index contributed by atoms with van der Waals surface area (Å²) < 4.78 is 3.81. The van der Waals surface area contributed by atoms with Crippen molar-refractivity contribution in [3.63, 3.8) is 0 Å². The highest BCUT2D eigenvalue weighted by Gasteiger charge is 2.54. The van der Waals surface area contributed by atoms with Crippen molar-refractivity contribution in [3.8, 4) is 0 Å². The molecule has 1 fully saturated rings. The number of nitrogen functional groups attached to an aromatic ring is 1. The number of carbonyl (C=O) groups excluding carboxylic acids is 2. The number of carboxylic acid groups (broad SMARTS) is 1. The molecule has 2 aromatic heterocycles. The van der Waals surface area contributed by atoms with Crippen LogP contribution in [0.1, 0.15) is 24.2 Å². The fourth-order valence-corrected chi connectivity index (χ4v) is 6.36. The Balaban J connectivity index is 1.35. The summed E-state index contributed by atoms with van der Waals surface area (Å²) >= 11 is 2.56. The van der Waals surface area contributed by atoms with Crippen molar-refractivity contribution in [1.29, 1.82) is 0 Å². The molecule has 2 aliphatic heterocycles. The van der Waals surface area contributed by atoms with Gasteiger partial charge in [-0.2, -0.15) is 4.68 Å². The molecule has 0 saturated carbocycles. The fraction of sp³-hybridized carbons (Fsp3) is 0.391. The molecule has 2 aromatic rings. The highest BCUT2D eigenvalue weighted by atomic mass is 32.2. The van der Waals surface area contributed by atoms with Crippen LogP contribution >= 0.6 is 23.1 Å². The third-order valence-corrected chi connectivity index (χ3v) is 8.44. The maximum atomic E-state index is 13.2. The topological polar surface area (TPSA) is 156 Å². The number of nitrogens with zero attached hydrogens (tertiary/aromatic N) is 5. The van der Waals surface area contributed by atoms with Crippen LogP contribution in [0.2, 0.25) is 0 Å². The van der Waals surface area contributed by atoms with E-state index in [1.165, 1.54) is 16.7 Å². The van der Waals surface area contributed by atoms with Gasteiger partial charge in [0.25, 0.3) is 11.8 Å². The third kappa shape index (κ3) is 4.73. The van der Waals surface area contributed by atoms with Crippen molar-refractivity contribution in [3.05, 3.63) is 52.5 Å². The number of allylic oxidation sites excluding steroid dienone is 1. The maximum Gasteiger partial charge on any atom is 0.352 e. The Labute approximate surface area is 220 Å². The Bertz CT molecular complexity index is 1340. The number of β-lactam (4-membered cyclic amide) rings is 1. The largest absolute Gasteiger partial charge is 0.477 e. The number of hydrogen-bond acceptors (Lipinski definition) is 9. The van der Waals surface area contributed by atoms with Gasteiger partial charge in [-0.15, -0.1) is 27.8 Å². The molecule has 0 aromatic carbocycles. The number of aryl methyl sites for hydroxylation is 2. The average molecular weight is 545 g/mol. The Morgan fingerprint density at radius 2 is 2.24 bits per heavy atom. The lowest BCUT2D eigenvalue weighted by molar-refractivity contribution is -0.753. The van der Waals surface area contributed by atoms with Crippen molar-refractivity contribution >= 4 is 51.7 Å². The highest BCUT2D eigenvalue weighted by Crippen LogP contribution is 2.40. The molecule has 1 aliphatic carbocycles. The first kappa shape index (κ1) is 25.0. The Kier molecular flexibility index (Phi) is 6.77. The van der Waals surface area contributed by atoms with Crippen molar-refractivity contribution in [2.75, 3.05) is 11.5 Å². The van der Waals surface area contributed by atoms with E-state index in [0.717, 1.165) is 29.9 Å². The van der Waals surface area contributed by atoms with Gasteiger partial charge in [-0.25, -0.2) is 9.78 Å². The van der Waals surface area contributed by atoms with Gasteiger partial charge in [-0.1, -0.05) is 11.2 Å². The van der Waals surface area contributed by atoms with Crippen molar-refractivity contribution in [2.45, 2.75) is 43.8 Å². The zero-order valence-electron chi connectivity index (χ0n) is 20.2. The molecule has 4 N–H and O–H groups in total. The van der Waals surface area contributed by atoms with E-state index in [-0.39, 0.29) is 28.3 Å². The number of nitrogens with one attached hydrogen (secondary N) is 1. The van der Waals surface area contributed by atoms with Gasteiger partial charge in [0.05, 0.1) is 5.69 Å². The molecule has 37 heavy (non-hydrogen) atoms. The van der Waals surface area contributed by atoms with Crippen LogP contribution in [0.5, 0.6) is 0 Å². The lowest BCUT2D eigenvalue weighted by Crippen LogP contribution is -2.71. The number of thiazole rings is 1. The van der Waals surface area contributed by atoms with Crippen molar-refractivity contribution in [2.24, 2.45) is 12.2 Å². The summed E-state index contributed by atoms with van der Waals surface area (Å²) in [6.07, 6.45) is 7.09. The van der Waals surface area contributed by atoms with E-state index in [4.69, 9.17) is 10.6 Å². The molecule has 5 rings (SSSR count). The van der Waals surface area contributed by atoms with E-state index in [2.05, 4.69) is 15.5 Å². The molecule has 1 unspecified atom stereocenters. The summed E-state index contributed by atoms with van der Waals surface area (Å²) in [4.78, 5) is 49.5. The normalized spacial score (nSPS) is 23.2. The number of anilines is 1. The lowest BCUT2D eigenvalue weighted by Gasteiger charge is -2.49. The van der Waals surface area contributed by atoms with Gasteiger partial charge in [-0.05, 0) is 31.4 Å². The monoisotopic (exact) mass is 544 g/mol. The van der Waals surface area contributed by atoms with Gasteiger partial charge >= 0.3 is 5.97 Å². The number of nitrogens with two attached hydrogens (primary N) is 1. The van der Waals surface area contributed by atoms with E-state index in [1.807, 2.05) is 47.8 Å². The van der Waals surface area contributed by atoms with Crippen molar-refractivity contribution in [1.82, 2.24) is 19.9 Å². The Morgan fingerprint density at radius 3 is 2.86 bits per heavy atom. The molecule has 3 atom stereocenters. The first-order valence-electron chi connectivity index (χ1n) is 11.6. The quantitative estimate of drug-likeness (QED) is 0.143. The second-order valence-electron chi connectivity index (χ2n) is 8.87. The maximum absolute atomic E-state index is 13.2. The van der Waals surface area contributed by atoms with E-state index < -0.39 is 29.2 Å². The number of aromatic nitrogens is 3. The standard InChI is InChI=1S/C23H25N7O5S2/c1-12-7-8-28(2)29(12)9-13-10-36-21-17(20(32)30(21)18(13)22(33)34)26-19(31)16(15-11-37-23(24)25-15)27-35-14-5-3-4-6-14/h3,5,7-8,11,14,17,21H,4,6,9-10H2,1-2H3,(H3-,24,25,26,31,33,34)/p+1/t14?,17-,21-/m1/s1. The Hall–Kier alpha value is -3.65. The molecule has 194 valence electrons. The molecule has 0 radical (unpaired) electrons. The number of carboxylic acids is 1. The molecular weight excluding hydrogens is 518 g/mol.